The van der Waals surface area contributed by atoms with Crippen LogP contribution in [0.25, 0.3) is 6.08 Å². The van der Waals surface area contributed by atoms with Crippen molar-refractivity contribution in [3.05, 3.63) is 40.4 Å². The maximum absolute atomic E-state index is 11.5. The van der Waals surface area contributed by atoms with E-state index in [1.165, 1.54) is 0 Å². The molecule has 0 radical (unpaired) electrons. The molecule has 1 aromatic carbocycles. The minimum absolute atomic E-state index is 0.0289. The van der Waals surface area contributed by atoms with Crippen LogP contribution in [0.15, 0.2) is 29.8 Å². The molecular formula is C13H13ClO2. The molecule has 3 heteroatoms. The van der Waals surface area contributed by atoms with Crippen LogP contribution < -0.4 is 0 Å². The molecule has 1 aliphatic rings. The van der Waals surface area contributed by atoms with Gasteiger partial charge in [-0.1, -0.05) is 36.7 Å². The van der Waals surface area contributed by atoms with Gasteiger partial charge in [0.1, 0.15) is 6.10 Å². The van der Waals surface area contributed by atoms with Crippen molar-refractivity contribution in [2.45, 2.75) is 25.9 Å². The molecule has 0 spiro atoms. The van der Waals surface area contributed by atoms with E-state index in [1.54, 1.807) is 0 Å². The quantitative estimate of drug-likeness (QED) is 0.581. The van der Waals surface area contributed by atoms with Gasteiger partial charge in [-0.3, -0.25) is 0 Å². The van der Waals surface area contributed by atoms with Crippen LogP contribution in [-0.4, -0.2) is 12.1 Å². The minimum atomic E-state index is -0.216. The van der Waals surface area contributed by atoms with E-state index in [9.17, 15) is 4.79 Å². The van der Waals surface area contributed by atoms with Gasteiger partial charge in [-0.2, -0.15) is 0 Å². The van der Waals surface area contributed by atoms with Crippen molar-refractivity contribution in [3.63, 3.8) is 0 Å². The summed E-state index contributed by atoms with van der Waals surface area (Å²) in [5.41, 5.74) is 1.58. The first kappa shape index (κ1) is 11.2. The average Bonchev–Trinajstić information content (AvgIpc) is 2.63. The monoisotopic (exact) mass is 236 g/mol. The highest BCUT2D eigenvalue weighted by atomic mass is 35.5. The van der Waals surface area contributed by atoms with Crippen LogP contribution in [0.3, 0.4) is 0 Å². The summed E-state index contributed by atoms with van der Waals surface area (Å²) >= 11 is 6.02. The molecule has 1 heterocycles. The predicted octanol–water partition coefficient (Wildman–Crippen LogP) is 3.45. The lowest BCUT2D eigenvalue weighted by Gasteiger charge is -2.01. The fraction of sp³-hybridized carbons (Fsp3) is 0.308. The number of ether oxygens (including phenoxy) is 1. The summed E-state index contributed by atoms with van der Waals surface area (Å²) in [6, 6.07) is 7.47. The van der Waals surface area contributed by atoms with E-state index in [2.05, 4.69) is 0 Å². The van der Waals surface area contributed by atoms with Gasteiger partial charge in [0.15, 0.2) is 0 Å². The van der Waals surface area contributed by atoms with E-state index in [4.69, 9.17) is 16.3 Å². The van der Waals surface area contributed by atoms with Gasteiger partial charge in [0.2, 0.25) is 0 Å². The molecule has 0 amide bonds. The third-order valence-corrected chi connectivity index (χ3v) is 3.02. The van der Waals surface area contributed by atoms with Crippen LogP contribution in [0, 0.1) is 0 Å². The number of rotatable bonds is 2. The molecule has 0 aliphatic carbocycles. The van der Waals surface area contributed by atoms with Gasteiger partial charge in [0, 0.05) is 17.0 Å². The van der Waals surface area contributed by atoms with Crippen molar-refractivity contribution in [2.75, 3.05) is 0 Å². The number of benzene rings is 1. The Kier molecular flexibility index (Phi) is 3.30. The normalized spacial score (nSPS) is 22.5. The zero-order valence-electron chi connectivity index (χ0n) is 9.07. The third-order valence-electron chi connectivity index (χ3n) is 2.67. The maximum Gasteiger partial charge on any atom is 0.334 e. The van der Waals surface area contributed by atoms with Gasteiger partial charge >= 0.3 is 5.97 Å². The van der Waals surface area contributed by atoms with E-state index in [-0.39, 0.29) is 12.1 Å². The molecule has 2 nitrogen and oxygen atoms in total. The number of hydrogen-bond acceptors (Lipinski definition) is 2. The summed E-state index contributed by atoms with van der Waals surface area (Å²) in [7, 11) is 0. The first-order valence-electron chi connectivity index (χ1n) is 5.36. The summed E-state index contributed by atoms with van der Waals surface area (Å²) in [6.07, 6.45) is 3.38. The zero-order chi connectivity index (χ0) is 11.5. The summed E-state index contributed by atoms with van der Waals surface area (Å²) in [6.45, 7) is 2.01. The molecule has 0 bridgehead atoms. The Bertz CT molecular complexity index is 437. The zero-order valence-corrected chi connectivity index (χ0v) is 9.83. The van der Waals surface area contributed by atoms with E-state index >= 15 is 0 Å². The molecule has 1 atom stereocenters. The van der Waals surface area contributed by atoms with E-state index in [0.717, 1.165) is 12.0 Å². The van der Waals surface area contributed by atoms with Crippen LogP contribution in [0.4, 0.5) is 0 Å². The highest BCUT2D eigenvalue weighted by molar-refractivity contribution is 6.32. The van der Waals surface area contributed by atoms with Gasteiger partial charge in [-0.05, 0) is 24.1 Å². The van der Waals surface area contributed by atoms with Crippen molar-refractivity contribution in [2.24, 2.45) is 0 Å². The summed E-state index contributed by atoms with van der Waals surface area (Å²) in [5, 5.41) is 0.655. The molecular weight excluding hydrogens is 224 g/mol. The second-order valence-electron chi connectivity index (χ2n) is 3.83. The van der Waals surface area contributed by atoms with E-state index in [0.29, 0.717) is 17.0 Å². The minimum Gasteiger partial charge on any atom is -0.459 e. The fourth-order valence-corrected chi connectivity index (χ4v) is 1.91. The standard InChI is InChI=1S/C13H13ClO2/c1-2-11-8-10(13(15)16-11)7-9-5-3-4-6-12(9)14/h3-7,11H,2,8H2,1H3/b10-7-. The fourth-order valence-electron chi connectivity index (χ4n) is 1.72. The lowest BCUT2D eigenvalue weighted by molar-refractivity contribution is -0.138. The molecule has 0 aromatic heterocycles. The first-order valence-corrected chi connectivity index (χ1v) is 5.74. The number of carbonyl (C=O) groups is 1. The second-order valence-corrected chi connectivity index (χ2v) is 4.24. The summed E-state index contributed by atoms with van der Waals surface area (Å²) in [4.78, 5) is 11.5. The molecule has 16 heavy (non-hydrogen) atoms. The predicted molar refractivity (Wildman–Crippen MR) is 64.2 cm³/mol. The number of esters is 1. The Hall–Kier alpha value is -1.28. The van der Waals surface area contributed by atoms with Gasteiger partial charge in [0.05, 0.1) is 0 Å². The number of halogens is 1. The number of carbonyl (C=O) groups excluding carboxylic acids is 1. The van der Waals surface area contributed by atoms with E-state index < -0.39 is 0 Å². The second kappa shape index (κ2) is 4.71. The molecule has 84 valence electrons. The Morgan fingerprint density at radius 3 is 2.88 bits per heavy atom. The van der Waals surface area contributed by atoms with Gasteiger partial charge in [-0.25, -0.2) is 4.79 Å². The third kappa shape index (κ3) is 2.27. The molecule has 2 rings (SSSR count). The Morgan fingerprint density at radius 2 is 2.25 bits per heavy atom. The van der Waals surface area contributed by atoms with Gasteiger partial charge < -0.3 is 4.74 Å². The molecule has 1 saturated heterocycles. The SMILES string of the molecule is CCC1C/C(=C/c2ccccc2Cl)C(=O)O1. The van der Waals surface area contributed by atoms with Crippen molar-refractivity contribution in [1.82, 2.24) is 0 Å². The topological polar surface area (TPSA) is 26.3 Å². The van der Waals surface area contributed by atoms with Gasteiger partial charge in [-0.15, -0.1) is 0 Å². The smallest absolute Gasteiger partial charge is 0.334 e. The van der Waals surface area contributed by atoms with Crippen LogP contribution >= 0.6 is 11.6 Å². The molecule has 0 saturated carbocycles. The highest BCUT2D eigenvalue weighted by Crippen LogP contribution is 2.26. The lowest BCUT2D eigenvalue weighted by atomic mass is 10.1. The lowest BCUT2D eigenvalue weighted by Crippen LogP contribution is -2.03. The Morgan fingerprint density at radius 1 is 1.50 bits per heavy atom. The van der Waals surface area contributed by atoms with Crippen LogP contribution in [0.1, 0.15) is 25.3 Å². The largest absolute Gasteiger partial charge is 0.459 e. The van der Waals surface area contributed by atoms with Gasteiger partial charge in [0.25, 0.3) is 0 Å². The highest BCUT2D eigenvalue weighted by Gasteiger charge is 2.27. The molecule has 1 fully saturated rings. The number of hydrogen-bond donors (Lipinski definition) is 0. The van der Waals surface area contributed by atoms with Crippen LogP contribution in [0.2, 0.25) is 5.02 Å². The first-order chi connectivity index (χ1) is 7.70. The van der Waals surface area contributed by atoms with Crippen LogP contribution in [-0.2, 0) is 9.53 Å². The molecule has 1 aliphatic heterocycles. The molecule has 1 aromatic rings. The van der Waals surface area contributed by atoms with E-state index in [1.807, 2.05) is 37.3 Å². The van der Waals surface area contributed by atoms with Crippen molar-refractivity contribution < 1.29 is 9.53 Å². The van der Waals surface area contributed by atoms with Crippen LogP contribution in [0.5, 0.6) is 0 Å². The summed E-state index contributed by atoms with van der Waals surface area (Å²) < 4.78 is 5.18. The van der Waals surface area contributed by atoms with Crippen molar-refractivity contribution in [3.8, 4) is 0 Å². The summed E-state index contributed by atoms with van der Waals surface area (Å²) in [5.74, 6) is -0.216. The Balaban J connectivity index is 2.25. The van der Waals surface area contributed by atoms with Crippen molar-refractivity contribution in [1.29, 1.82) is 0 Å². The average molecular weight is 237 g/mol. The van der Waals surface area contributed by atoms with Crippen molar-refractivity contribution >= 4 is 23.6 Å². The molecule has 0 N–H and O–H groups in total. The maximum atomic E-state index is 11.5. The molecule has 1 unspecified atom stereocenters. The Labute approximate surface area is 99.9 Å². The number of cyclic esters (lactones) is 1.